The number of aromatic nitrogens is 5. The van der Waals surface area contributed by atoms with Gasteiger partial charge in [0.25, 0.3) is 5.78 Å². The summed E-state index contributed by atoms with van der Waals surface area (Å²) in [6.07, 6.45) is 3.30. The average Bonchev–Trinajstić information content (AvgIpc) is 3.50. The molecular formula is C22H24N8OS. The lowest BCUT2D eigenvalue weighted by atomic mass is 10.1. The lowest BCUT2D eigenvalue weighted by molar-refractivity contribution is -0.122. The van der Waals surface area contributed by atoms with Crippen LogP contribution in [0.2, 0.25) is 0 Å². The van der Waals surface area contributed by atoms with Crippen molar-refractivity contribution in [1.29, 1.82) is 0 Å². The highest BCUT2D eigenvalue weighted by Crippen LogP contribution is 2.24. The molecule has 5 rings (SSSR count). The van der Waals surface area contributed by atoms with Crippen LogP contribution in [0.5, 0.6) is 0 Å². The normalized spacial score (nSPS) is 15.7. The number of nitrogens with one attached hydrogen (secondary N) is 1. The molecule has 1 fully saturated rings. The van der Waals surface area contributed by atoms with Crippen LogP contribution >= 0.6 is 11.3 Å². The molecule has 0 radical (unpaired) electrons. The monoisotopic (exact) mass is 448 g/mol. The second-order valence-electron chi connectivity index (χ2n) is 7.77. The molecule has 1 atom stereocenters. The van der Waals surface area contributed by atoms with Crippen molar-refractivity contribution >= 4 is 28.8 Å². The molecule has 0 saturated carbocycles. The number of piperazine rings is 1. The summed E-state index contributed by atoms with van der Waals surface area (Å²) in [6, 6.07) is 11.8. The SMILES string of the molecule is Cc1cc(N2CCN(CC(=O)NC(c3ccccc3)c3nccs3)CC2)n2ncnc2n1. The van der Waals surface area contributed by atoms with E-state index < -0.39 is 0 Å². The second kappa shape index (κ2) is 9.01. The van der Waals surface area contributed by atoms with Gasteiger partial charge >= 0.3 is 0 Å². The van der Waals surface area contributed by atoms with E-state index >= 15 is 0 Å². The molecule has 0 spiro atoms. The maximum Gasteiger partial charge on any atom is 0.254 e. The minimum absolute atomic E-state index is 0.000857. The van der Waals surface area contributed by atoms with Crippen molar-refractivity contribution in [2.75, 3.05) is 37.6 Å². The summed E-state index contributed by atoms with van der Waals surface area (Å²) in [5.74, 6) is 1.60. The molecule has 4 aromatic rings. The van der Waals surface area contributed by atoms with Crippen molar-refractivity contribution in [3.8, 4) is 0 Å². The molecule has 1 aromatic carbocycles. The Hall–Kier alpha value is -3.37. The van der Waals surface area contributed by atoms with Crippen molar-refractivity contribution in [2.24, 2.45) is 0 Å². The van der Waals surface area contributed by atoms with Gasteiger partial charge in [-0.2, -0.15) is 14.6 Å². The first-order valence-corrected chi connectivity index (χ1v) is 11.4. The number of hydrogen-bond donors (Lipinski definition) is 1. The number of benzene rings is 1. The summed E-state index contributed by atoms with van der Waals surface area (Å²) >= 11 is 1.55. The van der Waals surface area contributed by atoms with Crippen LogP contribution in [0.25, 0.3) is 5.78 Å². The van der Waals surface area contributed by atoms with Gasteiger partial charge in [0.2, 0.25) is 5.91 Å². The van der Waals surface area contributed by atoms with E-state index in [4.69, 9.17) is 0 Å². The van der Waals surface area contributed by atoms with Crippen LogP contribution in [0.1, 0.15) is 22.3 Å². The van der Waals surface area contributed by atoms with Gasteiger partial charge < -0.3 is 10.2 Å². The van der Waals surface area contributed by atoms with Crippen molar-refractivity contribution in [3.63, 3.8) is 0 Å². The van der Waals surface area contributed by atoms with Crippen LogP contribution in [0.4, 0.5) is 5.82 Å². The van der Waals surface area contributed by atoms with E-state index in [9.17, 15) is 4.79 Å². The first-order valence-electron chi connectivity index (χ1n) is 10.6. The third kappa shape index (κ3) is 4.32. The summed E-state index contributed by atoms with van der Waals surface area (Å²) < 4.78 is 1.77. The Morgan fingerprint density at radius 1 is 1.16 bits per heavy atom. The van der Waals surface area contributed by atoms with Crippen LogP contribution < -0.4 is 10.2 Å². The molecule has 10 heteroatoms. The van der Waals surface area contributed by atoms with E-state index in [0.29, 0.717) is 12.3 Å². The number of rotatable bonds is 6. The molecule has 1 aliphatic heterocycles. The molecule has 1 aliphatic rings. The Bertz CT molecular complexity index is 1190. The Balaban J connectivity index is 1.22. The fraction of sp³-hybridized carbons (Fsp3) is 0.318. The molecular weight excluding hydrogens is 424 g/mol. The van der Waals surface area contributed by atoms with E-state index in [0.717, 1.165) is 48.3 Å². The maximum atomic E-state index is 12.9. The highest BCUT2D eigenvalue weighted by atomic mass is 32.1. The zero-order valence-corrected chi connectivity index (χ0v) is 18.6. The molecule has 0 aliphatic carbocycles. The fourth-order valence-electron chi connectivity index (χ4n) is 3.99. The number of hydrogen-bond acceptors (Lipinski definition) is 8. The van der Waals surface area contributed by atoms with Crippen LogP contribution in [-0.4, -0.2) is 68.1 Å². The standard InChI is InChI=1S/C22H24N8OS/c1-16-13-19(30-22(26-16)24-15-25-30)29-10-8-28(9-11-29)14-18(31)27-20(21-23-7-12-32-21)17-5-3-2-4-6-17/h2-7,12-13,15,20H,8-11,14H2,1H3,(H,27,31). The molecule has 4 heterocycles. The Kier molecular flexibility index (Phi) is 5.78. The molecule has 3 aromatic heterocycles. The van der Waals surface area contributed by atoms with Crippen LogP contribution in [0.3, 0.4) is 0 Å². The molecule has 1 N–H and O–H groups in total. The number of thiazole rings is 1. The first kappa shape index (κ1) is 20.5. The highest BCUT2D eigenvalue weighted by molar-refractivity contribution is 7.09. The van der Waals surface area contributed by atoms with Crippen molar-refractivity contribution in [1.82, 2.24) is 34.8 Å². The molecule has 1 amide bonds. The quantitative estimate of drug-likeness (QED) is 0.482. The van der Waals surface area contributed by atoms with E-state index in [2.05, 4.69) is 35.2 Å². The summed E-state index contributed by atoms with van der Waals surface area (Å²) in [5.41, 5.74) is 1.95. The van der Waals surface area contributed by atoms with Gasteiger partial charge in [-0.1, -0.05) is 30.3 Å². The van der Waals surface area contributed by atoms with Gasteiger partial charge in [-0.25, -0.2) is 9.97 Å². The largest absolute Gasteiger partial charge is 0.354 e. The number of anilines is 1. The van der Waals surface area contributed by atoms with Gasteiger partial charge in [-0.3, -0.25) is 9.69 Å². The minimum Gasteiger partial charge on any atom is -0.354 e. The van der Waals surface area contributed by atoms with Crippen molar-refractivity contribution < 1.29 is 4.79 Å². The van der Waals surface area contributed by atoms with Gasteiger partial charge in [0.15, 0.2) is 0 Å². The number of amides is 1. The molecule has 9 nitrogen and oxygen atoms in total. The second-order valence-corrected chi connectivity index (χ2v) is 8.70. The van der Waals surface area contributed by atoms with Gasteiger partial charge in [0.05, 0.1) is 6.54 Å². The lowest BCUT2D eigenvalue weighted by Gasteiger charge is -2.35. The number of fused-ring (bicyclic) bond motifs is 1. The topological polar surface area (TPSA) is 91.5 Å². The summed E-state index contributed by atoms with van der Waals surface area (Å²) in [5, 5.41) is 10.3. The van der Waals surface area contributed by atoms with Crippen LogP contribution in [-0.2, 0) is 4.79 Å². The molecule has 1 saturated heterocycles. The summed E-state index contributed by atoms with van der Waals surface area (Å²) in [6.45, 7) is 5.51. The highest BCUT2D eigenvalue weighted by Gasteiger charge is 2.24. The van der Waals surface area contributed by atoms with Crippen molar-refractivity contribution in [2.45, 2.75) is 13.0 Å². The molecule has 32 heavy (non-hydrogen) atoms. The third-order valence-electron chi connectivity index (χ3n) is 5.56. The van der Waals surface area contributed by atoms with Gasteiger partial charge in [0, 0.05) is 49.5 Å². The molecule has 164 valence electrons. The zero-order valence-electron chi connectivity index (χ0n) is 17.8. The number of carbonyl (C=O) groups excluding carboxylic acids is 1. The van der Waals surface area contributed by atoms with E-state index in [-0.39, 0.29) is 11.9 Å². The Labute approximate surface area is 189 Å². The van der Waals surface area contributed by atoms with Gasteiger partial charge in [0.1, 0.15) is 23.2 Å². The Morgan fingerprint density at radius 3 is 2.72 bits per heavy atom. The average molecular weight is 449 g/mol. The Morgan fingerprint density at radius 2 is 1.97 bits per heavy atom. The predicted octanol–water partition coefficient (Wildman–Crippen LogP) is 1.92. The van der Waals surface area contributed by atoms with Crippen molar-refractivity contribution in [3.05, 3.63) is 70.6 Å². The summed E-state index contributed by atoms with van der Waals surface area (Å²) in [4.78, 5) is 30.4. The maximum absolute atomic E-state index is 12.9. The number of aryl methyl sites for hydroxylation is 1. The minimum atomic E-state index is -0.231. The van der Waals surface area contributed by atoms with E-state index in [1.54, 1.807) is 22.0 Å². The third-order valence-corrected chi connectivity index (χ3v) is 6.40. The smallest absolute Gasteiger partial charge is 0.254 e. The van der Waals surface area contributed by atoms with Gasteiger partial charge in [-0.15, -0.1) is 11.3 Å². The lowest BCUT2D eigenvalue weighted by Crippen LogP contribution is -2.50. The number of carbonyl (C=O) groups is 1. The van der Waals surface area contributed by atoms with Gasteiger partial charge in [-0.05, 0) is 12.5 Å². The fourth-order valence-corrected chi connectivity index (χ4v) is 4.71. The molecule has 0 bridgehead atoms. The molecule has 1 unspecified atom stereocenters. The number of nitrogens with zero attached hydrogens (tertiary/aromatic N) is 7. The predicted molar refractivity (Wildman–Crippen MR) is 123 cm³/mol. The van der Waals surface area contributed by atoms with Crippen LogP contribution in [0, 0.1) is 6.92 Å². The zero-order chi connectivity index (χ0) is 21.9. The summed E-state index contributed by atoms with van der Waals surface area (Å²) in [7, 11) is 0. The van der Waals surface area contributed by atoms with E-state index in [1.807, 2.05) is 48.7 Å². The van der Waals surface area contributed by atoms with E-state index in [1.165, 1.54) is 6.33 Å². The van der Waals surface area contributed by atoms with Crippen LogP contribution in [0.15, 0.2) is 54.3 Å². The first-order chi connectivity index (χ1) is 15.7.